The summed E-state index contributed by atoms with van der Waals surface area (Å²) in [5.41, 5.74) is 4.46. The highest BCUT2D eigenvalue weighted by molar-refractivity contribution is 5.24. The lowest BCUT2D eigenvalue weighted by atomic mass is 10.2. The Hall–Kier alpha value is -1.36. The predicted octanol–water partition coefficient (Wildman–Crippen LogP) is 0.209. The molecule has 1 heterocycles. The minimum absolute atomic E-state index is 0.172. The summed E-state index contributed by atoms with van der Waals surface area (Å²) < 4.78 is 5.15. The van der Waals surface area contributed by atoms with E-state index < -0.39 is 5.60 Å². The second-order valence-corrected chi connectivity index (χ2v) is 3.38. The normalized spacial score (nSPS) is 11.3. The first-order valence-corrected chi connectivity index (χ1v) is 3.90. The first kappa shape index (κ1) is 9.73. The molecular formula is C8H13N3O2. The number of nitrogens with two attached hydrogens (primary N) is 1. The van der Waals surface area contributed by atoms with Gasteiger partial charge in [-0.2, -0.15) is 0 Å². The Morgan fingerprint density at radius 3 is 2.62 bits per heavy atom. The van der Waals surface area contributed by atoms with Gasteiger partial charge in [-0.05, 0) is 13.8 Å². The summed E-state index contributed by atoms with van der Waals surface area (Å²) in [7, 11) is 0. The van der Waals surface area contributed by atoms with Gasteiger partial charge in [0.05, 0.1) is 18.0 Å². The first-order valence-electron chi connectivity index (χ1n) is 3.90. The van der Waals surface area contributed by atoms with E-state index in [0.29, 0.717) is 11.7 Å². The van der Waals surface area contributed by atoms with E-state index in [0.717, 1.165) is 0 Å². The molecule has 0 amide bonds. The molecule has 0 aromatic carbocycles. The fourth-order valence-electron chi connectivity index (χ4n) is 0.651. The first-order chi connectivity index (χ1) is 5.97. The lowest BCUT2D eigenvalue weighted by Crippen LogP contribution is -2.28. The van der Waals surface area contributed by atoms with Gasteiger partial charge in [0, 0.05) is 0 Å². The Bertz CT molecular complexity index is 266. The van der Waals surface area contributed by atoms with Crippen molar-refractivity contribution in [3.63, 3.8) is 0 Å². The number of anilines is 1. The minimum atomic E-state index is -0.872. The molecule has 1 aromatic rings. The Morgan fingerprint density at radius 1 is 1.46 bits per heavy atom. The summed E-state index contributed by atoms with van der Waals surface area (Å²) in [6, 6.07) is 0. The van der Waals surface area contributed by atoms with E-state index in [-0.39, 0.29) is 6.61 Å². The SMILES string of the molecule is CC(C)(O)COc1cnc(N)cn1. The smallest absolute Gasteiger partial charge is 0.232 e. The molecule has 0 bridgehead atoms. The number of aromatic nitrogens is 2. The van der Waals surface area contributed by atoms with Crippen LogP contribution in [0, 0.1) is 0 Å². The number of rotatable bonds is 3. The van der Waals surface area contributed by atoms with Crippen molar-refractivity contribution in [2.75, 3.05) is 12.3 Å². The maximum absolute atomic E-state index is 9.34. The van der Waals surface area contributed by atoms with Gasteiger partial charge in [-0.3, -0.25) is 0 Å². The Labute approximate surface area is 76.6 Å². The van der Waals surface area contributed by atoms with Gasteiger partial charge in [-0.15, -0.1) is 0 Å². The third-order valence-corrected chi connectivity index (χ3v) is 1.22. The molecule has 0 atom stereocenters. The van der Waals surface area contributed by atoms with Gasteiger partial charge in [0.1, 0.15) is 12.4 Å². The Balaban J connectivity index is 2.51. The zero-order valence-corrected chi connectivity index (χ0v) is 7.69. The van der Waals surface area contributed by atoms with Crippen LogP contribution < -0.4 is 10.5 Å². The van der Waals surface area contributed by atoms with E-state index in [2.05, 4.69) is 9.97 Å². The largest absolute Gasteiger partial charge is 0.474 e. The molecular weight excluding hydrogens is 170 g/mol. The average Bonchev–Trinajstić information content (AvgIpc) is 2.02. The molecule has 0 aliphatic heterocycles. The van der Waals surface area contributed by atoms with Crippen LogP contribution in [0.4, 0.5) is 5.82 Å². The number of ether oxygens (including phenoxy) is 1. The van der Waals surface area contributed by atoms with Crippen LogP contribution in [0.25, 0.3) is 0 Å². The molecule has 13 heavy (non-hydrogen) atoms. The van der Waals surface area contributed by atoms with Gasteiger partial charge in [0.15, 0.2) is 0 Å². The molecule has 0 fully saturated rings. The van der Waals surface area contributed by atoms with Gasteiger partial charge in [-0.25, -0.2) is 9.97 Å². The minimum Gasteiger partial charge on any atom is -0.474 e. The number of hydrogen-bond donors (Lipinski definition) is 2. The summed E-state index contributed by atoms with van der Waals surface area (Å²) in [4.78, 5) is 7.65. The number of hydrogen-bond acceptors (Lipinski definition) is 5. The predicted molar refractivity (Wildman–Crippen MR) is 48.2 cm³/mol. The molecule has 0 unspecified atom stereocenters. The second kappa shape index (κ2) is 3.57. The van der Waals surface area contributed by atoms with Gasteiger partial charge in [0.2, 0.25) is 5.88 Å². The second-order valence-electron chi connectivity index (χ2n) is 3.38. The molecule has 1 aromatic heterocycles. The Kier molecular flexibility index (Phi) is 2.67. The van der Waals surface area contributed by atoms with Crippen molar-refractivity contribution in [2.24, 2.45) is 0 Å². The molecule has 3 N–H and O–H groups in total. The number of nitrogen functional groups attached to an aromatic ring is 1. The van der Waals surface area contributed by atoms with Crippen LogP contribution >= 0.6 is 0 Å². The average molecular weight is 183 g/mol. The molecule has 0 aliphatic carbocycles. The van der Waals surface area contributed by atoms with Crippen molar-refractivity contribution in [1.29, 1.82) is 0 Å². The zero-order valence-electron chi connectivity index (χ0n) is 7.69. The van der Waals surface area contributed by atoms with Crippen LogP contribution in [0.5, 0.6) is 5.88 Å². The van der Waals surface area contributed by atoms with E-state index in [4.69, 9.17) is 10.5 Å². The molecule has 0 saturated carbocycles. The van der Waals surface area contributed by atoms with Crippen molar-refractivity contribution in [3.05, 3.63) is 12.4 Å². The molecule has 1 rings (SSSR count). The zero-order chi connectivity index (χ0) is 9.90. The number of aliphatic hydroxyl groups is 1. The summed E-state index contributed by atoms with van der Waals surface area (Å²) in [6.07, 6.45) is 2.82. The van der Waals surface area contributed by atoms with Gasteiger partial charge in [0.25, 0.3) is 0 Å². The van der Waals surface area contributed by atoms with E-state index >= 15 is 0 Å². The van der Waals surface area contributed by atoms with Crippen LogP contribution in [-0.2, 0) is 0 Å². The summed E-state index contributed by atoms with van der Waals surface area (Å²) >= 11 is 0. The maximum Gasteiger partial charge on any atom is 0.232 e. The van der Waals surface area contributed by atoms with E-state index in [1.807, 2.05) is 0 Å². The highest BCUT2D eigenvalue weighted by atomic mass is 16.5. The summed E-state index contributed by atoms with van der Waals surface area (Å²) in [5, 5.41) is 9.34. The molecule has 0 saturated heterocycles. The summed E-state index contributed by atoms with van der Waals surface area (Å²) in [5.74, 6) is 0.701. The highest BCUT2D eigenvalue weighted by Crippen LogP contribution is 2.08. The van der Waals surface area contributed by atoms with Crippen LogP contribution in [-0.4, -0.2) is 27.3 Å². The standard InChI is InChI=1S/C8H13N3O2/c1-8(2,12)5-13-7-4-10-6(9)3-11-7/h3-4,12H,5H2,1-2H3,(H2,9,10). The Morgan fingerprint density at radius 2 is 2.15 bits per heavy atom. The van der Waals surface area contributed by atoms with Crippen molar-refractivity contribution in [2.45, 2.75) is 19.4 Å². The van der Waals surface area contributed by atoms with Crippen molar-refractivity contribution < 1.29 is 9.84 Å². The maximum atomic E-state index is 9.34. The third-order valence-electron chi connectivity index (χ3n) is 1.22. The molecule has 72 valence electrons. The van der Waals surface area contributed by atoms with Gasteiger partial charge >= 0.3 is 0 Å². The van der Waals surface area contributed by atoms with Crippen molar-refractivity contribution in [3.8, 4) is 5.88 Å². The topological polar surface area (TPSA) is 81.3 Å². The third kappa shape index (κ3) is 3.71. The van der Waals surface area contributed by atoms with E-state index in [1.165, 1.54) is 12.4 Å². The quantitative estimate of drug-likeness (QED) is 0.700. The van der Waals surface area contributed by atoms with Gasteiger partial charge < -0.3 is 15.6 Å². The van der Waals surface area contributed by atoms with E-state index in [1.54, 1.807) is 13.8 Å². The van der Waals surface area contributed by atoms with Crippen LogP contribution in [0.15, 0.2) is 12.4 Å². The lowest BCUT2D eigenvalue weighted by molar-refractivity contribution is 0.0267. The molecule has 0 spiro atoms. The molecule has 0 radical (unpaired) electrons. The highest BCUT2D eigenvalue weighted by Gasteiger charge is 2.13. The van der Waals surface area contributed by atoms with Crippen LogP contribution in [0.2, 0.25) is 0 Å². The fraction of sp³-hybridized carbons (Fsp3) is 0.500. The lowest BCUT2D eigenvalue weighted by Gasteiger charge is -2.16. The van der Waals surface area contributed by atoms with Crippen molar-refractivity contribution >= 4 is 5.82 Å². The van der Waals surface area contributed by atoms with Crippen LogP contribution in [0.1, 0.15) is 13.8 Å². The van der Waals surface area contributed by atoms with Crippen LogP contribution in [0.3, 0.4) is 0 Å². The molecule has 0 aliphatic rings. The molecule has 5 nitrogen and oxygen atoms in total. The van der Waals surface area contributed by atoms with E-state index in [9.17, 15) is 5.11 Å². The number of nitrogens with zero attached hydrogens (tertiary/aromatic N) is 2. The molecule has 5 heteroatoms. The summed E-state index contributed by atoms with van der Waals surface area (Å²) in [6.45, 7) is 3.47. The van der Waals surface area contributed by atoms with Crippen molar-refractivity contribution in [1.82, 2.24) is 9.97 Å². The monoisotopic (exact) mass is 183 g/mol. The fourth-order valence-corrected chi connectivity index (χ4v) is 0.651. The van der Waals surface area contributed by atoms with Gasteiger partial charge in [-0.1, -0.05) is 0 Å².